The molecule has 2 rings (SSSR count). The molecule has 0 heterocycles. The standard InChI is InChI=1S/C13H24N2O/c1-10-3-2-4-11(7-10)8-14-9-13(16)15-12-5-6-12/h10-12,14H,2-9H2,1H3,(H,15,16). The zero-order valence-electron chi connectivity index (χ0n) is 10.3. The van der Waals surface area contributed by atoms with Gasteiger partial charge in [0.2, 0.25) is 5.91 Å². The van der Waals surface area contributed by atoms with Gasteiger partial charge >= 0.3 is 0 Å². The molecule has 0 aromatic carbocycles. The molecular weight excluding hydrogens is 200 g/mol. The third-order valence-corrected chi connectivity index (χ3v) is 3.71. The van der Waals surface area contributed by atoms with Crippen LogP contribution in [0.5, 0.6) is 0 Å². The Morgan fingerprint density at radius 1 is 1.25 bits per heavy atom. The Balaban J connectivity index is 1.54. The van der Waals surface area contributed by atoms with Gasteiger partial charge in [0, 0.05) is 6.04 Å². The van der Waals surface area contributed by atoms with Crippen molar-refractivity contribution in [3.8, 4) is 0 Å². The summed E-state index contributed by atoms with van der Waals surface area (Å²) in [5.41, 5.74) is 0. The van der Waals surface area contributed by atoms with Crippen LogP contribution in [0.3, 0.4) is 0 Å². The maximum Gasteiger partial charge on any atom is 0.234 e. The highest BCUT2D eigenvalue weighted by molar-refractivity contribution is 5.78. The van der Waals surface area contributed by atoms with E-state index in [2.05, 4.69) is 17.6 Å². The molecule has 3 nitrogen and oxygen atoms in total. The molecule has 92 valence electrons. The summed E-state index contributed by atoms with van der Waals surface area (Å²) in [5.74, 6) is 1.84. The van der Waals surface area contributed by atoms with Gasteiger partial charge in [-0.05, 0) is 44.1 Å². The molecule has 0 saturated heterocycles. The molecule has 2 saturated carbocycles. The molecule has 0 radical (unpaired) electrons. The molecule has 2 aliphatic rings. The number of nitrogens with one attached hydrogen (secondary N) is 2. The fraction of sp³-hybridized carbons (Fsp3) is 0.923. The lowest BCUT2D eigenvalue weighted by atomic mass is 9.82. The van der Waals surface area contributed by atoms with Gasteiger partial charge in [-0.25, -0.2) is 0 Å². The van der Waals surface area contributed by atoms with Crippen LogP contribution in [0.1, 0.15) is 45.4 Å². The molecule has 3 heteroatoms. The van der Waals surface area contributed by atoms with Gasteiger partial charge in [-0.15, -0.1) is 0 Å². The van der Waals surface area contributed by atoms with Crippen LogP contribution < -0.4 is 10.6 Å². The van der Waals surface area contributed by atoms with Crippen molar-refractivity contribution in [1.29, 1.82) is 0 Å². The first-order valence-electron chi connectivity index (χ1n) is 6.74. The lowest BCUT2D eigenvalue weighted by Crippen LogP contribution is -2.37. The summed E-state index contributed by atoms with van der Waals surface area (Å²) in [5, 5.41) is 6.30. The van der Waals surface area contributed by atoms with Gasteiger partial charge in [-0.2, -0.15) is 0 Å². The molecule has 2 atom stereocenters. The number of hydrogen-bond acceptors (Lipinski definition) is 2. The molecular formula is C13H24N2O. The van der Waals surface area contributed by atoms with Gasteiger partial charge < -0.3 is 10.6 Å². The van der Waals surface area contributed by atoms with E-state index in [1.807, 2.05) is 0 Å². The average molecular weight is 224 g/mol. The highest BCUT2D eigenvalue weighted by atomic mass is 16.2. The van der Waals surface area contributed by atoms with Crippen molar-refractivity contribution in [3.05, 3.63) is 0 Å². The van der Waals surface area contributed by atoms with Crippen LogP contribution in [0.15, 0.2) is 0 Å². The Bertz CT molecular complexity index is 238. The molecule has 16 heavy (non-hydrogen) atoms. The summed E-state index contributed by atoms with van der Waals surface area (Å²) in [6.07, 6.45) is 7.76. The summed E-state index contributed by atoms with van der Waals surface area (Å²) >= 11 is 0. The van der Waals surface area contributed by atoms with E-state index in [0.29, 0.717) is 12.6 Å². The quantitative estimate of drug-likeness (QED) is 0.746. The van der Waals surface area contributed by atoms with Gasteiger partial charge in [-0.1, -0.05) is 19.8 Å². The van der Waals surface area contributed by atoms with E-state index in [0.717, 1.165) is 18.4 Å². The first-order chi connectivity index (χ1) is 7.74. The predicted molar refractivity (Wildman–Crippen MR) is 65.2 cm³/mol. The Morgan fingerprint density at radius 2 is 2.06 bits per heavy atom. The normalized spacial score (nSPS) is 30.1. The number of hydrogen-bond donors (Lipinski definition) is 2. The minimum absolute atomic E-state index is 0.173. The molecule has 0 aliphatic heterocycles. The van der Waals surface area contributed by atoms with Crippen LogP contribution in [0.25, 0.3) is 0 Å². The third-order valence-electron chi connectivity index (χ3n) is 3.71. The fourth-order valence-electron chi connectivity index (χ4n) is 2.64. The van der Waals surface area contributed by atoms with Crippen molar-refractivity contribution >= 4 is 5.91 Å². The Kier molecular flexibility index (Phi) is 4.22. The zero-order valence-corrected chi connectivity index (χ0v) is 10.3. The van der Waals surface area contributed by atoms with Crippen molar-refractivity contribution in [3.63, 3.8) is 0 Å². The van der Waals surface area contributed by atoms with Crippen molar-refractivity contribution in [2.75, 3.05) is 13.1 Å². The second kappa shape index (κ2) is 5.67. The Morgan fingerprint density at radius 3 is 2.75 bits per heavy atom. The van der Waals surface area contributed by atoms with Crippen molar-refractivity contribution in [1.82, 2.24) is 10.6 Å². The minimum atomic E-state index is 0.173. The number of rotatable bonds is 5. The summed E-state index contributed by atoms with van der Waals surface area (Å²) in [7, 11) is 0. The van der Waals surface area contributed by atoms with Crippen molar-refractivity contribution in [2.45, 2.75) is 51.5 Å². The Labute approximate surface area is 98.4 Å². The van der Waals surface area contributed by atoms with Crippen molar-refractivity contribution < 1.29 is 4.79 Å². The molecule has 2 N–H and O–H groups in total. The van der Waals surface area contributed by atoms with Crippen LogP contribution in [0, 0.1) is 11.8 Å². The van der Waals surface area contributed by atoms with Crippen molar-refractivity contribution in [2.24, 2.45) is 11.8 Å². The maximum absolute atomic E-state index is 11.4. The van der Waals surface area contributed by atoms with Gasteiger partial charge in [0.05, 0.1) is 6.54 Å². The summed E-state index contributed by atoms with van der Waals surface area (Å²) in [4.78, 5) is 11.4. The summed E-state index contributed by atoms with van der Waals surface area (Å²) in [6.45, 7) is 3.86. The Hall–Kier alpha value is -0.570. The molecule has 0 aromatic rings. The second-order valence-electron chi connectivity index (χ2n) is 5.61. The number of carbonyl (C=O) groups is 1. The summed E-state index contributed by atoms with van der Waals surface area (Å²) < 4.78 is 0. The SMILES string of the molecule is CC1CCCC(CNCC(=O)NC2CC2)C1. The first kappa shape index (κ1) is 11.9. The zero-order chi connectivity index (χ0) is 11.4. The molecule has 2 aliphatic carbocycles. The topological polar surface area (TPSA) is 41.1 Å². The lowest BCUT2D eigenvalue weighted by Gasteiger charge is -2.26. The number of amides is 1. The average Bonchev–Trinajstić information content (AvgIpc) is 3.02. The lowest BCUT2D eigenvalue weighted by molar-refractivity contribution is -0.120. The smallest absolute Gasteiger partial charge is 0.234 e. The van der Waals surface area contributed by atoms with Gasteiger partial charge in [0.25, 0.3) is 0 Å². The van der Waals surface area contributed by atoms with Crippen LogP contribution in [0.2, 0.25) is 0 Å². The second-order valence-corrected chi connectivity index (χ2v) is 5.61. The number of carbonyl (C=O) groups excluding carboxylic acids is 1. The minimum Gasteiger partial charge on any atom is -0.352 e. The molecule has 2 fully saturated rings. The first-order valence-corrected chi connectivity index (χ1v) is 6.74. The highest BCUT2D eigenvalue weighted by Gasteiger charge is 2.23. The van der Waals surface area contributed by atoms with Crippen LogP contribution in [-0.2, 0) is 4.79 Å². The van der Waals surface area contributed by atoms with Gasteiger partial charge in [0.1, 0.15) is 0 Å². The largest absolute Gasteiger partial charge is 0.352 e. The molecule has 0 aromatic heterocycles. The third kappa shape index (κ3) is 4.12. The van der Waals surface area contributed by atoms with Crippen LogP contribution in [0.4, 0.5) is 0 Å². The maximum atomic E-state index is 11.4. The van der Waals surface area contributed by atoms with E-state index in [4.69, 9.17) is 0 Å². The van der Waals surface area contributed by atoms with Crippen LogP contribution in [-0.4, -0.2) is 25.0 Å². The molecule has 0 bridgehead atoms. The van der Waals surface area contributed by atoms with E-state index in [9.17, 15) is 4.79 Å². The molecule has 1 amide bonds. The fourth-order valence-corrected chi connectivity index (χ4v) is 2.64. The van der Waals surface area contributed by atoms with E-state index in [1.54, 1.807) is 0 Å². The van der Waals surface area contributed by atoms with E-state index < -0.39 is 0 Å². The van der Waals surface area contributed by atoms with E-state index >= 15 is 0 Å². The summed E-state index contributed by atoms with van der Waals surface area (Å²) in [6, 6.07) is 0.490. The molecule has 0 spiro atoms. The van der Waals surface area contributed by atoms with E-state index in [1.165, 1.54) is 38.5 Å². The predicted octanol–water partition coefficient (Wildman–Crippen LogP) is 1.68. The van der Waals surface area contributed by atoms with E-state index in [-0.39, 0.29) is 5.91 Å². The van der Waals surface area contributed by atoms with Gasteiger partial charge in [-0.3, -0.25) is 4.79 Å². The monoisotopic (exact) mass is 224 g/mol. The van der Waals surface area contributed by atoms with Gasteiger partial charge in [0.15, 0.2) is 0 Å². The molecule has 2 unspecified atom stereocenters. The van der Waals surface area contributed by atoms with Crippen LogP contribution >= 0.6 is 0 Å². The highest BCUT2D eigenvalue weighted by Crippen LogP contribution is 2.27.